The molecule has 30 heavy (non-hydrogen) atoms. The zero-order chi connectivity index (χ0) is 21.4. The Labute approximate surface area is 177 Å². The molecule has 2 aliphatic rings. The first-order valence-electron chi connectivity index (χ1n) is 9.55. The smallest absolute Gasteiger partial charge is 0.296 e. The number of nitrogens with zero attached hydrogens (tertiary/aromatic N) is 5. The van der Waals surface area contributed by atoms with Gasteiger partial charge in [0, 0.05) is 37.2 Å². The van der Waals surface area contributed by atoms with Crippen LogP contribution in [0.2, 0.25) is 0 Å². The fourth-order valence-corrected chi connectivity index (χ4v) is 6.45. The van der Waals surface area contributed by atoms with E-state index in [1.54, 1.807) is 12.3 Å². The third kappa shape index (κ3) is 4.98. The summed E-state index contributed by atoms with van der Waals surface area (Å²) in [5.74, 6) is 2.14. The van der Waals surface area contributed by atoms with Crippen LogP contribution in [0.1, 0.15) is 16.8 Å². The summed E-state index contributed by atoms with van der Waals surface area (Å²) in [6, 6.07) is 5.02. The number of benzene rings is 1. The summed E-state index contributed by atoms with van der Waals surface area (Å²) in [6.07, 6.45) is -2.82. The van der Waals surface area contributed by atoms with Crippen LogP contribution in [-0.4, -0.2) is 75.6 Å². The van der Waals surface area contributed by atoms with E-state index < -0.39 is 21.8 Å². The van der Waals surface area contributed by atoms with Crippen molar-refractivity contribution >= 4 is 21.8 Å². The van der Waals surface area contributed by atoms with Gasteiger partial charge in [-0.25, -0.2) is 13.1 Å². The van der Waals surface area contributed by atoms with Gasteiger partial charge in [0.05, 0.1) is 36.3 Å². The highest BCUT2D eigenvalue weighted by Gasteiger charge is 2.39. The normalized spacial score (nSPS) is 23.1. The van der Waals surface area contributed by atoms with Gasteiger partial charge in [-0.3, -0.25) is 4.90 Å². The van der Waals surface area contributed by atoms with E-state index in [1.807, 2.05) is 11.8 Å². The number of rotatable bonds is 5. The Hall–Kier alpha value is -1.63. The largest absolute Gasteiger partial charge is 0.416 e. The Morgan fingerprint density at radius 3 is 2.67 bits per heavy atom. The zero-order valence-electron chi connectivity index (χ0n) is 16.1. The van der Waals surface area contributed by atoms with Crippen molar-refractivity contribution in [2.75, 3.05) is 36.9 Å². The summed E-state index contributed by atoms with van der Waals surface area (Å²) in [5, 5.41) is 7.97. The van der Waals surface area contributed by atoms with E-state index in [4.69, 9.17) is 0 Å². The third-order valence-electron chi connectivity index (χ3n) is 5.30. The lowest BCUT2D eigenvalue weighted by atomic mass is 10.1. The summed E-state index contributed by atoms with van der Waals surface area (Å²) in [4.78, 5) is 2.23. The van der Waals surface area contributed by atoms with Crippen LogP contribution in [0.3, 0.4) is 0 Å². The molecule has 0 N–H and O–H groups in total. The minimum Gasteiger partial charge on any atom is -0.296 e. The standard InChI is InChI=1S/C18H22F3N5O2S2/c19-18(20,21)15-3-1-2-14(8-15)9-25-10-16(22-23-25)11-26-12-17(13-30(26,27)28)24-4-6-29-7-5-24/h1-3,8,10,17H,4-7,9,11-13H2. The van der Waals surface area contributed by atoms with Gasteiger partial charge in [0.1, 0.15) is 0 Å². The van der Waals surface area contributed by atoms with E-state index >= 15 is 0 Å². The molecule has 1 unspecified atom stereocenters. The second-order valence-electron chi connectivity index (χ2n) is 7.48. The van der Waals surface area contributed by atoms with Crippen LogP contribution in [0, 0.1) is 0 Å². The van der Waals surface area contributed by atoms with Crippen LogP contribution in [0.5, 0.6) is 0 Å². The van der Waals surface area contributed by atoms with Crippen molar-refractivity contribution < 1.29 is 21.6 Å². The number of hydrogen-bond donors (Lipinski definition) is 0. The number of alkyl halides is 3. The van der Waals surface area contributed by atoms with E-state index in [0.717, 1.165) is 36.7 Å². The summed E-state index contributed by atoms with van der Waals surface area (Å²) < 4.78 is 66.6. The highest BCUT2D eigenvalue weighted by molar-refractivity contribution is 7.99. The Kier molecular flexibility index (Phi) is 6.11. The first-order valence-corrected chi connectivity index (χ1v) is 12.3. The molecule has 1 aromatic carbocycles. The van der Waals surface area contributed by atoms with E-state index in [0.29, 0.717) is 17.8 Å². The molecule has 1 atom stereocenters. The monoisotopic (exact) mass is 461 g/mol. The highest BCUT2D eigenvalue weighted by atomic mass is 32.2. The van der Waals surface area contributed by atoms with Crippen molar-refractivity contribution in [2.45, 2.75) is 25.3 Å². The summed E-state index contributed by atoms with van der Waals surface area (Å²) in [6.45, 7) is 2.45. The summed E-state index contributed by atoms with van der Waals surface area (Å²) in [7, 11) is -3.37. The number of hydrogen-bond acceptors (Lipinski definition) is 6. The van der Waals surface area contributed by atoms with Crippen LogP contribution in [0.25, 0.3) is 0 Å². The molecule has 2 saturated heterocycles. The van der Waals surface area contributed by atoms with Gasteiger partial charge in [-0.05, 0) is 17.7 Å². The molecule has 4 rings (SSSR count). The molecule has 7 nitrogen and oxygen atoms in total. The first kappa shape index (κ1) is 21.6. The van der Waals surface area contributed by atoms with Crippen LogP contribution in [-0.2, 0) is 29.3 Å². The van der Waals surface area contributed by atoms with Gasteiger partial charge in [-0.1, -0.05) is 17.3 Å². The van der Waals surface area contributed by atoms with Gasteiger partial charge in [-0.15, -0.1) is 5.10 Å². The van der Waals surface area contributed by atoms with Crippen molar-refractivity contribution in [3.8, 4) is 0 Å². The van der Waals surface area contributed by atoms with Gasteiger partial charge < -0.3 is 0 Å². The quantitative estimate of drug-likeness (QED) is 0.678. The van der Waals surface area contributed by atoms with Crippen LogP contribution < -0.4 is 0 Å². The zero-order valence-corrected chi connectivity index (χ0v) is 17.8. The fourth-order valence-electron chi connectivity index (χ4n) is 3.78. The lowest BCUT2D eigenvalue weighted by Gasteiger charge is -2.30. The third-order valence-corrected chi connectivity index (χ3v) is 8.11. The molecular formula is C18H22F3N5O2S2. The average Bonchev–Trinajstić information content (AvgIpc) is 3.26. The minimum atomic E-state index is -4.41. The fraction of sp³-hybridized carbons (Fsp3) is 0.556. The van der Waals surface area contributed by atoms with E-state index in [9.17, 15) is 21.6 Å². The molecular weight excluding hydrogens is 439 g/mol. The second-order valence-corrected chi connectivity index (χ2v) is 10.7. The number of aromatic nitrogens is 3. The van der Waals surface area contributed by atoms with Gasteiger partial charge in [-0.2, -0.15) is 29.2 Å². The molecule has 0 spiro atoms. The van der Waals surface area contributed by atoms with Crippen LogP contribution >= 0.6 is 11.8 Å². The molecule has 0 bridgehead atoms. The topological polar surface area (TPSA) is 71.3 Å². The van der Waals surface area contributed by atoms with Crippen molar-refractivity contribution in [2.24, 2.45) is 0 Å². The Balaban J connectivity index is 1.41. The summed E-state index contributed by atoms with van der Waals surface area (Å²) >= 11 is 1.88. The lowest BCUT2D eigenvalue weighted by molar-refractivity contribution is -0.137. The molecule has 2 aromatic rings. The van der Waals surface area contributed by atoms with E-state index in [2.05, 4.69) is 15.2 Å². The maximum atomic E-state index is 12.9. The van der Waals surface area contributed by atoms with Crippen molar-refractivity contribution in [1.29, 1.82) is 0 Å². The molecule has 2 aliphatic heterocycles. The molecule has 12 heteroatoms. The molecule has 1 aromatic heterocycles. The molecule has 0 radical (unpaired) electrons. The first-order chi connectivity index (χ1) is 14.2. The highest BCUT2D eigenvalue weighted by Crippen LogP contribution is 2.29. The molecule has 164 valence electrons. The Morgan fingerprint density at radius 1 is 1.17 bits per heavy atom. The van der Waals surface area contributed by atoms with Crippen molar-refractivity contribution in [1.82, 2.24) is 24.2 Å². The number of thioether (sulfide) groups is 1. The molecule has 0 aliphatic carbocycles. The Bertz CT molecular complexity index is 990. The van der Waals surface area contributed by atoms with E-state index in [-0.39, 0.29) is 24.9 Å². The second kappa shape index (κ2) is 8.48. The molecule has 0 amide bonds. The van der Waals surface area contributed by atoms with Crippen molar-refractivity contribution in [3.63, 3.8) is 0 Å². The minimum absolute atomic E-state index is 0.0175. The van der Waals surface area contributed by atoms with Crippen molar-refractivity contribution in [3.05, 3.63) is 47.3 Å². The van der Waals surface area contributed by atoms with Gasteiger partial charge in [0.15, 0.2) is 0 Å². The number of sulfonamides is 1. The maximum absolute atomic E-state index is 12.9. The number of halogens is 3. The predicted octanol–water partition coefficient (Wildman–Crippen LogP) is 1.91. The van der Waals surface area contributed by atoms with Crippen LogP contribution in [0.4, 0.5) is 13.2 Å². The van der Waals surface area contributed by atoms with Crippen LogP contribution in [0.15, 0.2) is 30.5 Å². The molecule has 3 heterocycles. The van der Waals surface area contributed by atoms with E-state index in [1.165, 1.54) is 15.1 Å². The van der Waals surface area contributed by atoms with Gasteiger partial charge >= 0.3 is 6.18 Å². The maximum Gasteiger partial charge on any atom is 0.416 e. The molecule has 0 saturated carbocycles. The Morgan fingerprint density at radius 2 is 1.93 bits per heavy atom. The SMILES string of the molecule is O=S1(=O)CC(N2CCSCC2)CN1Cc1cn(Cc2cccc(C(F)(F)F)c2)nn1. The van der Waals surface area contributed by atoms with Gasteiger partial charge in [0.2, 0.25) is 10.0 Å². The molecule has 2 fully saturated rings. The predicted molar refractivity (Wildman–Crippen MR) is 107 cm³/mol. The van der Waals surface area contributed by atoms with Gasteiger partial charge in [0.25, 0.3) is 0 Å². The summed E-state index contributed by atoms with van der Waals surface area (Å²) in [5.41, 5.74) is 0.198. The lowest BCUT2D eigenvalue weighted by Crippen LogP contribution is -2.43. The average molecular weight is 462 g/mol.